The van der Waals surface area contributed by atoms with Gasteiger partial charge in [0.2, 0.25) is 16.0 Å². The second-order valence-corrected chi connectivity index (χ2v) is 12.2. The van der Waals surface area contributed by atoms with Crippen molar-refractivity contribution in [1.82, 2.24) is 14.1 Å². The summed E-state index contributed by atoms with van der Waals surface area (Å²) in [5.41, 5.74) is 4.33. The Kier molecular flexibility index (Phi) is 8.25. The van der Waals surface area contributed by atoms with Crippen LogP contribution < -0.4 is 4.90 Å². The van der Waals surface area contributed by atoms with Crippen molar-refractivity contribution in [2.45, 2.75) is 62.9 Å². The van der Waals surface area contributed by atoms with Gasteiger partial charge in [-0.1, -0.05) is 31.0 Å². The second-order valence-electron chi connectivity index (χ2n) is 10.3. The highest BCUT2D eigenvalue weighted by Crippen LogP contribution is 2.33. The van der Waals surface area contributed by atoms with E-state index in [1.54, 1.807) is 22.5 Å². The molecule has 1 saturated carbocycles. The Hall–Kier alpha value is -2.58. The van der Waals surface area contributed by atoms with Gasteiger partial charge in [0, 0.05) is 59.6 Å². The SMILES string of the molecule is CCN1CCCc2cc(CN(C3CCCC3)S(=O)(=O)c3cccc(N=C(N(C)C)N(C)C)c3)ccc21. The molecule has 2 aromatic carbocycles. The number of anilines is 1. The topological polar surface area (TPSA) is 59.5 Å². The molecule has 1 heterocycles. The standard InChI is InChI=1S/C28H41N5O2S/c1-6-32-18-10-11-23-19-22(16-17-27(23)32)21-33(25-13-7-8-14-25)36(34,35)26-15-9-12-24(20-26)29-28(30(2)3)31(4)5/h9,12,15-17,19-20,25H,6-8,10-11,13-14,18,21H2,1-5H3. The van der Waals surface area contributed by atoms with Crippen molar-refractivity contribution >= 4 is 27.4 Å². The number of rotatable bonds is 7. The van der Waals surface area contributed by atoms with Crippen molar-refractivity contribution < 1.29 is 8.42 Å². The van der Waals surface area contributed by atoms with Crippen LogP contribution in [0.1, 0.15) is 50.2 Å². The van der Waals surface area contributed by atoms with Crippen LogP contribution in [0.3, 0.4) is 0 Å². The molecule has 0 bridgehead atoms. The fourth-order valence-corrected chi connectivity index (χ4v) is 7.22. The Labute approximate surface area is 217 Å². The van der Waals surface area contributed by atoms with Gasteiger partial charge in [0.25, 0.3) is 0 Å². The number of benzene rings is 2. The maximum absolute atomic E-state index is 14.1. The number of hydrogen-bond acceptors (Lipinski definition) is 4. The van der Waals surface area contributed by atoms with Gasteiger partial charge in [-0.2, -0.15) is 4.31 Å². The van der Waals surface area contributed by atoms with Crippen molar-refractivity contribution in [2.24, 2.45) is 4.99 Å². The summed E-state index contributed by atoms with van der Waals surface area (Å²) >= 11 is 0. The van der Waals surface area contributed by atoms with E-state index >= 15 is 0 Å². The minimum Gasteiger partial charge on any atom is -0.372 e. The highest BCUT2D eigenvalue weighted by Gasteiger charge is 2.34. The number of guanidine groups is 1. The van der Waals surface area contributed by atoms with Gasteiger partial charge in [-0.05, 0) is 68.0 Å². The molecule has 2 aromatic rings. The lowest BCUT2D eigenvalue weighted by Crippen LogP contribution is -2.38. The summed E-state index contributed by atoms with van der Waals surface area (Å²) in [5.74, 6) is 0.757. The van der Waals surface area contributed by atoms with Gasteiger partial charge in [0.05, 0.1) is 10.6 Å². The predicted molar refractivity (Wildman–Crippen MR) is 149 cm³/mol. The van der Waals surface area contributed by atoms with E-state index in [0.29, 0.717) is 17.1 Å². The average molecular weight is 512 g/mol. The molecule has 0 unspecified atom stereocenters. The highest BCUT2D eigenvalue weighted by molar-refractivity contribution is 7.89. The van der Waals surface area contributed by atoms with Crippen molar-refractivity contribution in [3.05, 3.63) is 53.6 Å². The molecule has 7 nitrogen and oxygen atoms in total. The molecule has 8 heteroatoms. The van der Waals surface area contributed by atoms with E-state index in [-0.39, 0.29) is 6.04 Å². The van der Waals surface area contributed by atoms with Crippen LogP contribution in [-0.4, -0.2) is 75.8 Å². The molecule has 0 radical (unpaired) electrons. The Bertz CT molecular complexity index is 1180. The lowest BCUT2D eigenvalue weighted by molar-refractivity contribution is 0.316. The largest absolute Gasteiger partial charge is 0.372 e. The van der Waals surface area contributed by atoms with Crippen molar-refractivity contribution in [3.8, 4) is 0 Å². The number of nitrogens with zero attached hydrogens (tertiary/aromatic N) is 5. The zero-order valence-electron chi connectivity index (χ0n) is 22.4. The fourth-order valence-electron chi connectivity index (χ4n) is 5.50. The van der Waals surface area contributed by atoms with Gasteiger partial charge in [-0.15, -0.1) is 0 Å². The molecule has 196 valence electrons. The Morgan fingerprint density at radius 3 is 2.39 bits per heavy atom. The fraction of sp³-hybridized carbons (Fsp3) is 0.536. The molecule has 2 aliphatic rings. The van der Waals surface area contributed by atoms with Gasteiger partial charge in [0.1, 0.15) is 0 Å². The van der Waals surface area contributed by atoms with Crippen LogP contribution in [0.5, 0.6) is 0 Å². The minimum atomic E-state index is -3.69. The van der Waals surface area contributed by atoms with Crippen LogP contribution in [0.25, 0.3) is 0 Å². The second kappa shape index (κ2) is 11.2. The summed E-state index contributed by atoms with van der Waals surface area (Å²) < 4.78 is 29.9. The quantitative estimate of drug-likeness (QED) is 0.398. The van der Waals surface area contributed by atoms with Gasteiger partial charge in [-0.3, -0.25) is 0 Å². The first-order valence-corrected chi connectivity index (χ1v) is 14.6. The maximum Gasteiger partial charge on any atom is 0.243 e. The van der Waals surface area contributed by atoms with Crippen LogP contribution in [0.2, 0.25) is 0 Å². The van der Waals surface area contributed by atoms with Gasteiger partial charge >= 0.3 is 0 Å². The molecule has 0 atom stereocenters. The van der Waals surface area contributed by atoms with E-state index in [2.05, 4.69) is 30.0 Å². The molecule has 1 aliphatic heterocycles. The van der Waals surface area contributed by atoms with Crippen molar-refractivity contribution in [1.29, 1.82) is 0 Å². The molecule has 0 amide bonds. The maximum atomic E-state index is 14.1. The number of sulfonamides is 1. The first kappa shape index (κ1) is 26.5. The van der Waals surface area contributed by atoms with Gasteiger partial charge in [0.15, 0.2) is 0 Å². The normalized spacial score (nSPS) is 16.2. The molecule has 1 fully saturated rings. The molecule has 0 N–H and O–H groups in total. The van der Waals surface area contributed by atoms with Gasteiger partial charge in [-0.25, -0.2) is 13.4 Å². The van der Waals surface area contributed by atoms with E-state index in [1.807, 2.05) is 44.1 Å². The van der Waals surface area contributed by atoms with Crippen molar-refractivity contribution in [2.75, 3.05) is 46.2 Å². The third kappa shape index (κ3) is 5.70. The number of fused-ring (bicyclic) bond motifs is 1. The summed E-state index contributed by atoms with van der Waals surface area (Å²) in [6, 6.07) is 13.6. The average Bonchev–Trinajstić information content (AvgIpc) is 3.39. The molecule has 0 saturated heterocycles. The van der Waals surface area contributed by atoms with E-state index in [0.717, 1.165) is 63.1 Å². The Morgan fingerprint density at radius 2 is 1.72 bits per heavy atom. The summed E-state index contributed by atoms with van der Waals surface area (Å²) in [5, 5.41) is 0. The smallest absolute Gasteiger partial charge is 0.243 e. The zero-order valence-corrected chi connectivity index (χ0v) is 23.3. The molecule has 1 aliphatic carbocycles. The van der Waals surface area contributed by atoms with Gasteiger partial charge < -0.3 is 14.7 Å². The Balaban J connectivity index is 1.67. The molecule has 4 rings (SSSR count). The van der Waals surface area contributed by atoms with E-state index in [4.69, 9.17) is 4.99 Å². The van der Waals surface area contributed by atoms with E-state index < -0.39 is 10.0 Å². The monoisotopic (exact) mass is 511 g/mol. The van der Waals surface area contributed by atoms with Crippen LogP contribution in [0.15, 0.2) is 52.4 Å². The summed E-state index contributed by atoms with van der Waals surface area (Å²) in [4.78, 5) is 11.3. The third-order valence-corrected chi connectivity index (χ3v) is 9.16. The zero-order chi connectivity index (χ0) is 25.9. The molecular formula is C28H41N5O2S. The van der Waals surface area contributed by atoms with Crippen LogP contribution in [0.4, 0.5) is 11.4 Å². The molecule has 0 aromatic heterocycles. The van der Waals surface area contributed by atoms with Crippen LogP contribution >= 0.6 is 0 Å². The minimum absolute atomic E-state index is 0.0319. The first-order valence-electron chi connectivity index (χ1n) is 13.1. The Morgan fingerprint density at radius 1 is 1.00 bits per heavy atom. The van der Waals surface area contributed by atoms with Crippen LogP contribution in [0, 0.1) is 0 Å². The first-order chi connectivity index (χ1) is 17.2. The number of aliphatic imine (C=N–C) groups is 1. The van der Waals surface area contributed by atoms with Crippen LogP contribution in [-0.2, 0) is 23.0 Å². The number of aryl methyl sites for hydroxylation is 1. The number of hydrogen-bond donors (Lipinski definition) is 0. The van der Waals surface area contributed by atoms with E-state index in [1.165, 1.54) is 11.3 Å². The van der Waals surface area contributed by atoms with E-state index in [9.17, 15) is 8.42 Å². The lowest BCUT2D eigenvalue weighted by Gasteiger charge is -2.32. The summed E-state index contributed by atoms with van der Waals surface area (Å²) in [6.07, 6.45) is 6.17. The molecular weight excluding hydrogens is 470 g/mol. The van der Waals surface area contributed by atoms with Crippen molar-refractivity contribution in [3.63, 3.8) is 0 Å². The molecule has 36 heavy (non-hydrogen) atoms. The summed E-state index contributed by atoms with van der Waals surface area (Å²) in [6.45, 7) is 4.68. The predicted octanol–water partition coefficient (Wildman–Crippen LogP) is 4.70. The summed E-state index contributed by atoms with van der Waals surface area (Å²) in [7, 11) is 4.03. The lowest BCUT2D eigenvalue weighted by atomic mass is 9.99. The highest BCUT2D eigenvalue weighted by atomic mass is 32.2. The third-order valence-electron chi connectivity index (χ3n) is 7.26. The molecule has 0 spiro atoms.